The number of carboxylic acid groups (broad SMARTS) is 1. The topological polar surface area (TPSA) is 78.6 Å². The van der Waals surface area contributed by atoms with Crippen molar-refractivity contribution >= 4 is 5.97 Å². The molecule has 6 nitrogen and oxygen atoms in total. The Morgan fingerprint density at radius 2 is 2.05 bits per heavy atom. The molecule has 3 rings (SSSR count). The van der Waals surface area contributed by atoms with Crippen molar-refractivity contribution in [2.24, 2.45) is 5.92 Å². The zero-order valence-corrected chi connectivity index (χ0v) is 12.2. The summed E-state index contributed by atoms with van der Waals surface area (Å²) in [7, 11) is 0. The molecule has 1 aromatic heterocycles. The van der Waals surface area contributed by atoms with Gasteiger partial charge in [-0.3, -0.25) is 14.4 Å². The van der Waals surface area contributed by atoms with Crippen LogP contribution in [-0.2, 0) is 17.9 Å². The number of fused-ring (bicyclic) bond motifs is 2. The van der Waals surface area contributed by atoms with E-state index in [1.807, 2.05) is 12.4 Å². The van der Waals surface area contributed by atoms with E-state index in [1.165, 1.54) is 18.4 Å². The Kier molecular flexibility index (Phi) is 4.26. The molecule has 0 amide bonds. The Hall–Kier alpha value is -1.40. The molecule has 2 unspecified atom stereocenters. The van der Waals surface area contributed by atoms with Crippen molar-refractivity contribution in [3.8, 4) is 0 Å². The lowest BCUT2D eigenvalue weighted by molar-refractivity contribution is -0.138. The summed E-state index contributed by atoms with van der Waals surface area (Å²) in [6.07, 6.45) is 8.57. The quantitative estimate of drug-likeness (QED) is 0.821. The maximum Gasteiger partial charge on any atom is 0.303 e. The van der Waals surface area contributed by atoms with Gasteiger partial charge in [-0.2, -0.15) is 5.10 Å². The summed E-state index contributed by atoms with van der Waals surface area (Å²) in [4.78, 5) is 13.4. The smallest absolute Gasteiger partial charge is 0.303 e. The summed E-state index contributed by atoms with van der Waals surface area (Å²) in [5.41, 5.74) is 1.18. The zero-order chi connectivity index (χ0) is 14.8. The van der Waals surface area contributed by atoms with Crippen LogP contribution in [0.25, 0.3) is 0 Å². The molecule has 116 valence electrons. The lowest BCUT2D eigenvalue weighted by atomic mass is 9.88. The molecule has 0 aromatic carbocycles. The van der Waals surface area contributed by atoms with Gasteiger partial charge < -0.3 is 10.2 Å². The van der Waals surface area contributed by atoms with Crippen molar-refractivity contribution in [1.29, 1.82) is 0 Å². The fourth-order valence-electron chi connectivity index (χ4n) is 3.98. The standard InChI is InChI=1S/C15H23N3O3/c19-4-3-17-9-12(8-16-17)10-18-13-1-2-14(18)6-11(5-13)7-15(20)21/h8-9,11,13-14,19H,1-7,10H2,(H,20,21). The molecule has 1 aromatic rings. The zero-order valence-electron chi connectivity index (χ0n) is 12.2. The summed E-state index contributed by atoms with van der Waals surface area (Å²) in [5.74, 6) is -0.327. The van der Waals surface area contributed by atoms with Crippen LogP contribution in [0, 0.1) is 5.92 Å². The predicted octanol–water partition coefficient (Wildman–Crippen LogP) is 1.09. The largest absolute Gasteiger partial charge is 0.481 e. The molecule has 2 fully saturated rings. The second-order valence-corrected chi connectivity index (χ2v) is 6.33. The van der Waals surface area contributed by atoms with Crippen LogP contribution >= 0.6 is 0 Å². The van der Waals surface area contributed by atoms with Gasteiger partial charge in [-0.1, -0.05) is 0 Å². The van der Waals surface area contributed by atoms with Gasteiger partial charge in [0.2, 0.25) is 0 Å². The first-order valence-corrected chi connectivity index (χ1v) is 7.75. The molecular formula is C15H23N3O3. The number of nitrogens with zero attached hydrogens (tertiary/aromatic N) is 3. The molecule has 2 N–H and O–H groups in total. The monoisotopic (exact) mass is 293 g/mol. The number of aliphatic carboxylic acids is 1. The Balaban J connectivity index is 1.61. The van der Waals surface area contributed by atoms with E-state index in [0.717, 1.165) is 19.4 Å². The third kappa shape index (κ3) is 3.27. The van der Waals surface area contributed by atoms with E-state index in [-0.39, 0.29) is 6.61 Å². The van der Waals surface area contributed by atoms with E-state index in [0.29, 0.717) is 31.0 Å². The summed E-state index contributed by atoms with van der Waals surface area (Å²) in [6, 6.07) is 1.04. The van der Waals surface area contributed by atoms with Crippen molar-refractivity contribution in [1.82, 2.24) is 14.7 Å². The number of carbonyl (C=O) groups is 1. The fourth-order valence-corrected chi connectivity index (χ4v) is 3.98. The molecule has 2 aliphatic rings. The van der Waals surface area contributed by atoms with E-state index < -0.39 is 5.97 Å². The minimum atomic E-state index is -0.668. The Morgan fingerprint density at radius 1 is 1.33 bits per heavy atom. The Bertz CT molecular complexity index is 488. The van der Waals surface area contributed by atoms with E-state index >= 15 is 0 Å². The van der Waals surface area contributed by atoms with Crippen molar-refractivity contribution in [2.45, 2.75) is 57.3 Å². The first-order valence-electron chi connectivity index (χ1n) is 7.75. The second kappa shape index (κ2) is 6.15. The fraction of sp³-hybridized carbons (Fsp3) is 0.733. The summed E-state index contributed by atoms with van der Waals surface area (Å²) < 4.78 is 1.77. The van der Waals surface area contributed by atoms with Crippen molar-refractivity contribution in [2.75, 3.05) is 6.61 Å². The summed E-state index contributed by atoms with van der Waals surface area (Å²) >= 11 is 0. The molecule has 0 saturated carbocycles. The highest BCUT2D eigenvalue weighted by atomic mass is 16.4. The predicted molar refractivity (Wildman–Crippen MR) is 76.6 cm³/mol. The maximum atomic E-state index is 10.9. The minimum Gasteiger partial charge on any atom is -0.481 e. The molecule has 0 aliphatic carbocycles. The number of hydrogen-bond donors (Lipinski definition) is 2. The van der Waals surface area contributed by atoms with Crippen LogP contribution in [0.5, 0.6) is 0 Å². The lowest BCUT2D eigenvalue weighted by Crippen LogP contribution is -2.42. The molecule has 2 aliphatic heterocycles. The summed E-state index contributed by atoms with van der Waals surface area (Å²) in [5, 5.41) is 22.1. The highest BCUT2D eigenvalue weighted by Crippen LogP contribution is 2.40. The van der Waals surface area contributed by atoms with Crippen LogP contribution in [0.15, 0.2) is 12.4 Å². The number of aromatic nitrogens is 2. The molecule has 2 saturated heterocycles. The summed E-state index contributed by atoms with van der Waals surface area (Å²) in [6.45, 7) is 1.53. The molecule has 3 heterocycles. The number of rotatable bonds is 6. The molecule has 0 spiro atoms. The van der Waals surface area contributed by atoms with Crippen molar-refractivity contribution in [3.05, 3.63) is 18.0 Å². The van der Waals surface area contributed by atoms with Gasteiger partial charge in [-0.15, -0.1) is 0 Å². The average Bonchev–Trinajstić information content (AvgIpc) is 2.94. The molecule has 6 heteroatoms. The lowest BCUT2D eigenvalue weighted by Gasteiger charge is -2.38. The van der Waals surface area contributed by atoms with Crippen LogP contribution < -0.4 is 0 Å². The van der Waals surface area contributed by atoms with E-state index in [1.54, 1.807) is 4.68 Å². The molecule has 21 heavy (non-hydrogen) atoms. The average molecular weight is 293 g/mol. The first-order chi connectivity index (χ1) is 10.2. The Labute approximate surface area is 124 Å². The first kappa shape index (κ1) is 14.5. The number of aliphatic hydroxyl groups excluding tert-OH is 1. The second-order valence-electron chi connectivity index (χ2n) is 6.33. The van der Waals surface area contributed by atoms with Gasteiger partial charge in [-0.05, 0) is 31.6 Å². The van der Waals surface area contributed by atoms with Gasteiger partial charge in [0, 0.05) is 36.8 Å². The molecule has 2 atom stereocenters. The van der Waals surface area contributed by atoms with Gasteiger partial charge in [0.05, 0.1) is 19.3 Å². The van der Waals surface area contributed by atoms with E-state index in [4.69, 9.17) is 10.2 Å². The number of piperidine rings is 1. The van der Waals surface area contributed by atoms with Crippen molar-refractivity contribution < 1.29 is 15.0 Å². The number of carboxylic acids is 1. The SMILES string of the molecule is O=C(O)CC1CC2CCC(C1)N2Cc1cnn(CCO)c1. The van der Waals surface area contributed by atoms with Gasteiger partial charge >= 0.3 is 5.97 Å². The number of aliphatic hydroxyl groups is 1. The highest BCUT2D eigenvalue weighted by Gasteiger charge is 2.40. The van der Waals surface area contributed by atoms with Crippen LogP contribution in [-0.4, -0.2) is 49.6 Å². The number of hydrogen-bond acceptors (Lipinski definition) is 4. The van der Waals surface area contributed by atoms with Crippen LogP contribution in [0.1, 0.15) is 37.7 Å². The van der Waals surface area contributed by atoms with Crippen molar-refractivity contribution in [3.63, 3.8) is 0 Å². The molecule has 2 bridgehead atoms. The minimum absolute atomic E-state index is 0.104. The normalized spacial score (nSPS) is 28.9. The third-order valence-corrected chi connectivity index (χ3v) is 4.83. The maximum absolute atomic E-state index is 10.9. The van der Waals surface area contributed by atoms with Gasteiger partial charge in [0.25, 0.3) is 0 Å². The third-order valence-electron chi connectivity index (χ3n) is 4.83. The molecular weight excluding hydrogens is 270 g/mol. The van der Waals surface area contributed by atoms with Gasteiger partial charge in [0.1, 0.15) is 0 Å². The van der Waals surface area contributed by atoms with E-state index in [2.05, 4.69) is 10.00 Å². The van der Waals surface area contributed by atoms with Crippen LogP contribution in [0.4, 0.5) is 0 Å². The Morgan fingerprint density at radius 3 is 2.67 bits per heavy atom. The van der Waals surface area contributed by atoms with Gasteiger partial charge in [-0.25, -0.2) is 0 Å². The van der Waals surface area contributed by atoms with Crippen LogP contribution in [0.2, 0.25) is 0 Å². The molecule has 0 radical (unpaired) electrons. The van der Waals surface area contributed by atoms with Crippen LogP contribution in [0.3, 0.4) is 0 Å². The highest BCUT2D eigenvalue weighted by molar-refractivity contribution is 5.67. The van der Waals surface area contributed by atoms with E-state index in [9.17, 15) is 4.79 Å². The van der Waals surface area contributed by atoms with Gasteiger partial charge in [0.15, 0.2) is 0 Å².